The molecule has 0 saturated carbocycles. The van der Waals surface area contributed by atoms with Gasteiger partial charge in [0, 0.05) is 42.8 Å². The van der Waals surface area contributed by atoms with Gasteiger partial charge in [-0.05, 0) is 37.9 Å². The Balaban J connectivity index is 1.43. The van der Waals surface area contributed by atoms with Crippen LogP contribution < -0.4 is 4.90 Å². The van der Waals surface area contributed by atoms with Crippen LogP contribution in [0.4, 0.5) is 5.82 Å². The lowest BCUT2D eigenvalue weighted by molar-refractivity contribution is 0.216. The standard InChI is InChI=1S/C17H22N4S/c1-2-7-18-15(4-1)21-9-3-5-17(14-21)6-10-20(13-17)12-16-19-8-11-22-16/h1-2,4,7-8,11H,3,5-6,9-10,12-14H2/t17-/m1/s1. The predicted molar refractivity (Wildman–Crippen MR) is 90.1 cm³/mol. The quantitative estimate of drug-likeness (QED) is 0.872. The second kappa shape index (κ2) is 5.97. The third-order valence-corrected chi connectivity index (χ3v) is 5.76. The van der Waals surface area contributed by atoms with Crippen molar-refractivity contribution in [3.05, 3.63) is 41.0 Å². The van der Waals surface area contributed by atoms with Gasteiger partial charge in [-0.2, -0.15) is 0 Å². The summed E-state index contributed by atoms with van der Waals surface area (Å²) < 4.78 is 0. The molecule has 2 aliphatic heterocycles. The Morgan fingerprint density at radius 3 is 2.91 bits per heavy atom. The molecule has 1 spiro atoms. The van der Waals surface area contributed by atoms with Crippen LogP contribution in [0.25, 0.3) is 0 Å². The van der Waals surface area contributed by atoms with Crippen LogP contribution in [0.5, 0.6) is 0 Å². The van der Waals surface area contributed by atoms with Crippen LogP contribution >= 0.6 is 11.3 Å². The summed E-state index contributed by atoms with van der Waals surface area (Å²) in [5.41, 5.74) is 0.451. The van der Waals surface area contributed by atoms with Gasteiger partial charge < -0.3 is 4.90 Å². The lowest BCUT2D eigenvalue weighted by Gasteiger charge is -2.41. The van der Waals surface area contributed by atoms with Crippen LogP contribution in [-0.4, -0.2) is 41.0 Å². The molecule has 4 nitrogen and oxygen atoms in total. The highest BCUT2D eigenvalue weighted by Crippen LogP contribution is 2.40. The molecule has 5 heteroatoms. The molecule has 2 aromatic heterocycles. The van der Waals surface area contributed by atoms with Crippen molar-refractivity contribution in [3.8, 4) is 0 Å². The summed E-state index contributed by atoms with van der Waals surface area (Å²) >= 11 is 1.77. The molecule has 4 heterocycles. The third-order valence-electron chi connectivity index (χ3n) is 4.99. The monoisotopic (exact) mass is 314 g/mol. The molecule has 0 aromatic carbocycles. The maximum absolute atomic E-state index is 4.54. The van der Waals surface area contributed by atoms with Crippen LogP contribution in [0, 0.1) is 5.41 Å². The summed E-state index contributed by atoms with van der Waals surface area (Å²) in [6, 6.07) is 6.23. The minimum Gasteiger partial charge on any atom is -0.356 e. The highest BCUT2D eigenvalue weighted by Gasteiger charge is 2.41. The van der Waals surface area contributed by atoms with E-state index in [4.69, 9.17) is 0 Å². The Labute approximate surface area is 135 Å². The van der Waals surface area contributed by atoms with Gasteiger partial charge in [-0.1, -0.05) is 6.07 Å². The molecule has 0 aliphatic carbocycles. The maximum Gasteiger partial charge on any atom is 0.128 e. The highest BCUT2D eigenvalue weighted by molar-refractivity contribution is 7.09. The van der Waals surface area contributed by atoms with Crippen LogP contribution in [0.1, 0.15) is 24.3 Å². The minimum atomic E-state index is 0.451. The molecule has 0 N–H and O–H groups in total. The second-order valence-electron chi connectivity index (χ2n) is 6.60. The number of aromatic nitrogens is 2. The lowest BCUT2D eigenvalue weighted by Crippen LogP contribution is -2.45. The first kappa shape index (κ1) is 14.2. The van der Waals surface area contributed by atoms with E-state index in [9.17, 15) is 0 Å². The molecule has 0 unspecified atom stereocenters. The minimum absolute atomic E-state index is 0.451. The fraction of sp³-hybridized carbons (Fsp3) is 0.529. The molecule has 2 saturated heterocycles. The largest absolute Gasteiger partial charge is 0.356 e. The molecule has 116 valence electrons. The van der Waals surface area contributed by atoms with Gasteiger partial charge in [-0.25, -0.2) is 9.97 Å². The van der Waals surface area contributed by atoms with Crippen LogP contribution in [0.3, 0.4) is 0 Å². The Kier molecular flexibility index (Phi) is 3.84. The summed E-state index contributed by atoms with van der Waals surface area (Å²) in [7, 11) is 0. The number of pyridine rings is 1. The average molecular weight is 314 g/mol. The van der Waals surface area contributed by atoms with Gasteiger partial charge in [0.25, 0.3) is 0 Å². The first-order chi connectivity index (χ1) is 10.8. The molecule has 0 amide bonds. The number of thiazole rings is 1. The smallest absolute Gasteiger partial charge is 0.128 e. The fourth-order valence-electron chi connectivity index (χ4n) is 3.96. The lowest BCUT2D eigenvalue weighted by atomic mass is 9.79. The summed E-state index contributed by atoms with van der Waals surface area (Å²) in [5.74, 6) is 1.14. The molecule has 2 aromatic rings. The number of anilines is 1. The van der Waals surface area contributed by atoms with E-state index >= 15 is 0 Å². The zero-order valence-corrected chi connectivity index (χ0v) is 13.6. The second-order valence-corrected chi connectivity index (χ2v) is 7.58. The Hall–Kier alpha value is -1.46. The Morgan fingerprint density at radius 2 is 2.09 bits per heavy atom. The van der Waals surface area contributed by atoms with Crippen LogP contribution in [0.15, 0.2) is 36.0 Å². The first-order valence-electron chi connectivity index (χ1n) is 8.10. The maximum atomic E-state index is 4.54. The third kappa shape index (κ3) is 2.88. The molecular weight excluding hydrogens is 292 g/mol. The van der Waals surface area contributed by atoms with Gasteiger partial charge in [0.2, 0.25) is 0 Å². The molecule has 22 heavy (non-hydrogen) atoms. The van der Waals surface area contributed by atoms with Gasteiger partial charge in [-0.3, -0.25) is 4.90 Å². The normalized spacial score (nSPS) is 25.9. The van der Waals surface area contributed by atoms with Gasteiger partial charge in [0.05, 0.1) is 6.54 Å². The number of likely N-dealkylation sites (tertiary alicyclic amines) is 1. The van der Waals surface area contributed by atoms with Crippen molar-refractivity contribution in [2.24, 2.45) is 5.41 Å². The summed E-state index contributed by atoms with van der Waals surface area (Å²) in [6.07, 6.45) is 7.75. The van der Waals surface area contributed by atoms with E-state index in [0.717, 1.165) is 25.5 Å². The fourth-order valence-corrected chi connectivity index (χ4v) is 4.62. The van der Waals surface area contributed by atoms with E-state index in [1.165, 1.54) is 37.4 Å². The van der Waals surface area contributed by atoms with Gasteiger partial charge in [0.15, 0.2) is 0 Å². The number of hydrogen-bond acceptors (Lipinski definition) is 5. The van der Waals surface area contributed by atoms with Crippen molar-refractivity contribution in [2.45, 2.75) is 25.8 Å². The molecular formula is C17H22N4S. The number of rotatable bonds is 3. The molecule has 2 aliphatic rings. The van der Waals surface area contributed by atoms with E-state index in [1.54, 1.807) is 11.3 Å². The zero-order chi connectivity index (χ0) is 14.8. The molecule has 0 radical (unpaired) electrons. The van der Waals surface area contributed by atoms with Gasteiger partial charge in [-0.15, -0.1) is 11.3 Å². The Morgan fingerprint density at radius 1 is 1.09 bits per heavy atom. The molecule has 0 bridgehead atoms. The number of piperidine rings is 1. The molecule has 4 rings (SSSR count). The van der Waals surface area contributed by atoms with E-state index in [-0.39, 0.29) is 0 Å². The van der Waals surface area contributed by atoms with Crippen molar-refractivity contribution in [1.82, 2.24) is 14.9 Å². The van der Waals surface area contributed by atoms with E-state index in [1.807, 2.05) is 18.5 Å². The zero-order valence-electron chi connectivity index (χ0n) is 12.8. The number of nitrogens with zero attached hydrogens (tertiary/aromatic N) is 4. The first-order valence-corrected chi connectivity index (χ1v) is 8.98. The van der Waals surface area contributed by atoms with Crippen molar-refractivity contribution < 1.29 is 0 Å². The molecule has 1 atom stereocenters. The SMILES string of the molecule is c1ccc(N2CCC[C@]3(CCN(Cc4nccs4)C3)C2)nc1. The topological polar surface area (TPSA) is 32.3 Å². The van der Waals surface area contributed by atoms with Crippen molar-refractivity contribution >= 4 is 17.2 Å². The summed E-state index contributed by atoms with van der Waals surface area (Å²) in [4.78, 5) is 14.0. The average Bonchev–Trinajstić information content (AvgIpc) is 3.20. The highest BCUT2D eigenvalue weighted by atomic mass is 32.1. The van der Waals surface area contributed by atoms with Gasteiger partial charge >= 0.3 is 0 Å². The predicted octanol–water partition coefficient (Wildman–Crippen LogP) is 3.03. The number of hydrogen-bond donors (Lipinski definition) is 0. The van der Waals surface area contributed by atoms with Crippen molar-refractivity contribution in [2.75, 3.05) is 31.1 Å². The van der Waals surface area contributed by atoms with Crippen LogP contribution in [-0.2, 0) is 6.54 Å². The summed E-state index contributed by atoms with van der Waals surface area (Å²) in [6.45, 7) is 5.72. The van der Waals surface area contributed by atoms with Crippen molar-refractivity contribution in [3.63, 3.8) is 0 Å². The Bertz CT molecular complexity index is 600. The molecule has 2 fully saturated rings. The van der Waals surface area contributed by atoms with Gasteiger partial charge in [0.1, 0.15) is 10.8 Å². The summed E-state index contributed by atoms with van der Waals surface area (Å²) in [5, 5.41) is 3.32. The van der Waals surface area contributed by atoms with Crippen molar-refractivity contribution in [1.29, 1.82) is 0 Å². The van der Waals surface area contributed by atoms with E-state index < -0.39 is 0 Å². The van der Waals surface area contributed by atoms with E-state index in [0.29, 0.717) is 5.41 Å². The van der Waals surface area contributed by atoms with E-state index in [2.05, 4.69) is 37.3 Å². The van der Waals surface area contributed by atoms with Crippen LogP contribution in [0.2, 0.25) is 0 Å².